The predicted molar refractivity (Wildman–Crippen MR) is 105 cm³/mol. The molecule has 1 fully saturated rings. The first-order valence-corrected chi connectivity index (χ1v) is 10.4. The molecule has 7 nitrogen and oxygen atoms in total. The zero-order chi connectivity index (χ0) is 19.6. The van der Waals surface area contributed by atoms with Gasteiger partial charge in [-0.3, -0.25) is 9.69 Å². The number of benzene rings is 1. The van der Waals surface area contributed by atoms with Crippen molar-refractivity contribution in [1.82, 2.24) is 13.8 Å². The van der Waals surface area contributed by atoms with Crippen molar-refractivity contribution in [3.63, 3.8) is 0 Å². The first-order chi connectivity index (χ1) is 12.8. The second kappa shape index (κ2) is 7.84. The Morgan fingerprint density at radius 3 is 2.70 bits per heavy atom. The number of aromatic nitrogens is 1. The highest BCUT2D eigenvalue weighted by atomic mass is 32.2. The largest absolute Gasteiger partial charge is 0.353 e. The lowest BCUT2D eigenvalue weighted by molar-refractivity contribution is -0.117. The van der Waals surface area contributed by atoms with Crippen LogP contribution in [0.5, 0.6) is 0 Å². The summed E-state index contributed by atoms with van der Waals surface area (Å²) in [4.78, 5) is 14.9. The maximum atomic E-state index is 12.5. The van der Waals surface area contributed by atoms with Crippen molar-refractivity contribution in [2.75, 3.05) is 32.5 Å². The fraction of sp³-hybridized carbons (Fsp3) is 0.421. The average molecular weight is 391 g/mol. The minimum Gasteiger partial charge on any atom is -0.353 e. The van der Waals surface area contributed by atoms with E-state index in [1.54, 1.807) is 12.1 Å². The molecule has 0 unspecified atom stereocenters. The highest BCUT2D eigenvalue weighted by Crippen LogP contribution is 2.31. The van der Waals surface area contributed by atoms with E-state index in [0.717, 1.165) is 23.7 Å². The molecule has 0 saturated carbocycles. The highest BCUT2D eigenvalue weighted by molar-refractivity contribution is 7.89. The van der Waals surface area contributed by atoms with E-state index in [2.05, 4.69) is 20.9 Å². The van der Waals surface area contributed by atoms with Gasteiger partial charge in [0.2, 0.25) is 15.9 Å². The van der Waals surface area contributed by atoms with Gasteiger partial charge in [-0.25, -0.2) is 12.7 Å². The molecule has 8 heteroatoms. The van der Waals surface area contributed by atoms with Gasteiger partial charge in [-0.1, -0.05) is 6.07 Å². The minimum atomic E-state index is -3.53. The van der Waals surface area contributed by atoms with Crippen molar-refractivity contribution < 1.29 is 13.2 Å². The summed E-state index contributed by atoms with van der Waals surface area (Å²) >= 11 is 0. The van der Waals surface area contributed by atoms with Crippen LogP contribution in [0.2, 0.25) is 0 Å². The first-order valence-electron chi connectivity index (χ1n) is 8.97. The van der Waals surface area contributed by atoms with Crippen LogP contribution in [-0.2, 0) is 21.9 Å². The van der Waals surface area contributed by atoms with Gasteiger partial charge >= 0.3 is 0 Å². The summed E-state index contributed by atoms with van der Waals surface area (Å²) in [5, 5.41) is 2.83. The molecule has 0 spiro atoms. The number of anilines is 1. The molecule has 1 aliphatic rings. The van der Waals surface area contributed by atoms with Gasteiger partial charge in [0.1, 0.15) is 0 Å². The van der Waals surface area contributed by atoms with Gasteiger partial charge < -0.3 is 9.88 Å². The lowest BCUT2D eigenvalue weighted by atomic mass is 10.1. The number of hydrogen-bond donors (Lipinski definition) is 1. The topological polar surface area (TPSA) is 74.7 Å². The van der Waals surface area contributed by atoms with Crippen LogP contribution >= 0.6 is 0 Å². The van der Waals surface area contributed by atoms with Crippen LogP contribution in [0.3, 0.4) is 0 Å². The van der Waals surface area contributed by atoms with E-state index in [0.29, 0.717) is 5.69 Å². The number of amides is 1. The van der Waals surface area contributed by atoms with Gasteiger partial charge in [-0.15, -0.1) is 0 Å². The van der Waals surface area contributed by atoms with Crippen LogP contribution in [0, 0.1) is 0 Å². The predicted octanol–water partition coefficient (Wildman–Crippen LogP) is 2.05. The van der Waals surface area contributed by atoms with Crippen molar-refractivity contribution in [3.8, 4) is 0 Å². The van der Waals surface area contributed by atoms with Crippen LogP contribution in [0.4, 0.5) is 5.69 Å². The summed E-state index contributed by atoms with van der Waals surface area (Å²) in [5.41, 5.74) is 1.69. The number of hydrogen-bond acceptors (Lipinski definition) is 4. The van der Waals surface area contributed by atoms with Crippen LogP contribution in [-0.4, -0.2) is 55.3 Å². The van der Waals surface area contributed by atoms with E-state index < -0.39 is 10.0 Å². The summed E-state index contributed by atoms with van der Waals surface area (Å²) in [7, 11) is 1.45. The Hall–Kier alpha value is -2.16. The van der Waals surface area contributed by atoms with Gasteiger partial charge in [-0.05, 0) is 49.7 Å². The van der Waals surface area contributed by atoms with E-state index >= 15 is 0 Å². The highest BCUT2D eigenvalue weighted by Gasteiger charge is 2.29. The maximum Gasteiger partial charge on any atom is 0.242 e. The molecule has 1 aromatic heterocycles. The van der Waals surface area contributed by atoms with E-state index in [-0.39, 0.29) is 23.4 Å². The van der Waals surface area contributed by atoms with Gasteiger partial charge in [0.25, 0.3) is 0 Å². The number of carbonyl (C=O) groups is 1. The zero-order valence-corrected chi connectivity index (χ0v) is 16.7. The van der Waals surface area contributed by atoms with Crippen LogP contribution < -0.4 is 5.32 Å². The smallest absolute Gasteiger partial charge is 0.242 e. The van der Waals surface area contributed by atoms with Gasteiger partial charge in [0.15, 0.2) is 0 Å². The van der Waals surface area contributed by atoms with Crippen LogP contribution in [0.15, 0.2) is 47.5 Å². The molecular weight excluding hydrogens is 364 g/mol. The molecule has 0 aliphatic carbocycles. The van der Waals surface area contributed by atoms with Crippen molar-refractivity contribution in [2.45, 2.75) is 23.8 Å². The Labute approximate surface area is 160 Å². The molecule has 1 atom stereocenters. The summed E-state index contributed by atoms with van der Waals surface area (Å²) in [6.07, 6.45) is 4.10. The molecule has 1 amide bonds. The lowest BCUT2D eigenvalue weighted by Crippen LogP contribution is -2.33. The quantitative estimate of drug-likeness (QED) is 0.819. The number of nitrogens with zero attached hydrogens (tertiary/aromatic N) is 3. The molecule has 1 N–H and O–H groups in total. The van der Waals surface area contributed by atoms with Gasteiger partial charge in [0, 0.05) is 38.7 Å². The first kappa shape index (κ1) is 19.6. The minimum absolute atomic E-state index is 0.143. The Morgan fingerprint density at radius 1 is 1.26 bits per heavy atom. The molecule has 3 rings (SSSR count). The SMILES string of the molecule is CN(C)S(=O)(=O)c1cccc(NC(=O)CN2CCC[C@@H]2c2cccn2C)c1. The third kappa shape index (κ3) is 4.23. The maximum absolute atomic E-state index is 12.5. The molecule has 146 valence electrons. The van der Waals surface area contributed by atoms with Gasteiger partial charge in [-0.2, -0.15) is 0 Å². The summed E-state index contributed by atoms with van der Waals surface area (Å²) in [6.45, 7) is 1.15. The van der Waals surface area contributed by atoms with Crippen LogP contribution in [0.1, 0.15) is 24.6 Å². The number of carbonyl (C=O) groups excluding carboxylic acids is 1. The molecule has 2 heterocycles. The number of nitrogens with one attached hydrogen (secondary N) is 1. The Bertz CT molecular complexity index is 921. The van der Waals surface area contributed by atoms with E-state index in [1.807, 2.05) is 19.3 Å². The van der Waals surface area contributed by atoms with Crippen molar-refractivity contribution in [1.29, 1.82) is 0 Å². The monoisotopic (exact) mass is 390 g/mol. The Kier molecular flexibility index (Phi) is 5.69. The second-order valence-corrected chi connectivity index (χ2v) is 9.19. The number of aryl methyl sites for hydroxylation is 1. The summed E-state index contributed by atoms with van der Waals surface area (Å²) in [6, 6.07) is 10.7. The van der Waals surface area contributed by atoms with E-state index in [9.17, 15) is 13.2 Å². The van der Waals surface area contributed by atoms with E-state index in [4.69, 9.17) is 0 Å². The summed E-state index contributed by atoms with van der Waals surface area (Å²) < 4.78 is 27.8. The zero-order valence-electron chi connectivity index (χ0n) is 15.9. The second-order valence-electron chi connectivity index (χ2n) is 7.04. The summed E-state index contributed by atoms with van der Waals surface area (Å²) in [5.74, 6) is -0.143. The normalized spacial score (nSPS) is 18.1. The number of sulfonamides is 1. The van der Waals surface area contributed by atoms with Crippen molar-refractivity contribution in [2.24, 2.45) is 7.05 Å². The van der Waals surface area contributed by atoms with Gasteiger partial charge in [0.05, 0.1) is 17.5 Å². The fourth-order valence-electron chi connectivity index (χ4n) is 3.50. The third-order valence-electron chi connectivity index (χ3n) is 4.93. The molecule has 1 aliphatic heterocycles. The molecule has 1 aromatic carbocycles. The lowest BCUT2D eigenvalue weighted by Gasteiger charge is -2.24. The van der Waals surface area contributed by atoms with Crippen molar-refractivity contribution in [3.05, 3.63) is 48.3 Å². The van der Waals surface area contributed by atoms with E-state index in [1.165, 1.54) is 31.9 Å². The average Bonchev–Trinajstić information content (AvgIpc) is 3.23. The van der Waals surface area contributed by atoms with Crippen LogP contribution in [0.25, 0.3) is 0 Å². The molecule has 2 aromatic rings. The third-order valence-corrected chi connectivity index (χ3v) is 6.74. The molecule has 27 heavy (non-hydrogen) atoms. The number of rotatable bonds is 6. The standard InChI is InChI=1S/C19H26N4O3S/c1-21(2)27(25,26)16-8-4-7-15(13-16)20-19(24)14-23-12-6-10-18(23)17-9-5-11-22(17)3/h4-5,7-9,11,13,18H,6,10,12,14H2,1-3H3,(H,20,24)/t18-/m1/s1. The van der Waals surface area contributed by atoms with Crippen molar-refractivity contribution >= 4 is 21.6 Å². The molecule has 0 bridgehead atoms. The molecule has 1 saturated heterocycles. The Balaban J connectivity index is 1.69. The molecule has 0 radical (unpaired) electrons. The molecular formula is C19H26N4O3S. The fourth-order valence-corrected chi connectivity index (χ4v) is 4.45. The Morgan fingerprint density at radius 2 is 2.04 bits per heavy atom. The number of likely N-dealkylation sites (tertiary alicyclic amines) is 1.